The van der Waals surface area contributed by atoms with Crippen LogP contribution in [0.1, 0.15) is 35.8 Å². The summed E-state index contributed by atoms with van der Waals surface area (Å²) in [5.41, 5.74) is 1.69. The van der Waals surface area contributed by atoms with Crippen molar-refractivity contribution in [2.75, 3.05) is 6.61 Å². The van der Waals surface area contributed by atoms with E-state index in [1.165, 1.54) is 0 Å². The minimum atomic E-state index is -0.0945. The van der Waals surface area contributed by atoms with E-state index in [4.69, 9.17) is 4.74 Å². The van der Waals surface area contributed by atoms with Gasteiger partial charge in [-0.2, -0.15) is 0 Å². The fourth-order valence-electron chi connectivity index (χ4n) is 2.00. The normalized spacial score (nSPS) is 11.7. The predicted molar refractivity (Wildman–Crippen MR) is 79.9 cm³/mol. The molecule has 2 aromatic carbocycles. The summed E-state index contributed by atoms with van der Waals surface area (Å²) >= 11 is 0. The number of hydrogen-bond acceptors (Lipinski definition) is 2. The highest BCUT2D eigenvalue weighted by molar-refractivity contribution is 5.94. The average Bonchev–Trinajstić information content (AvgIpc) is 2.48. The van der Waals surface area contributed by atoms with Gasteiger partial charge in [-0.1, -0.05) is 36.4 Å². The van der Waals surface area contributed by atoms with Crippen molar-refractivity contribution in [1.29, 1.82) is 0 Å². The summed E-state index contributed by atoms with van der Waals surface area (Å²) in [5, 5.41) is 2.99. The molecule has 3 nitrogen and oxygen atoms in total. The molecule has 0 bridgehead atoms. The number of rotatable bonds is 5. The van der Waals surface area contributed by atoms with Crippen molar-refractivity contribution in [2.45, 2.75) is 19.9 Å². The Morgan fingerprint density at radius 1 is 1.15 bits per heavy atom. The van der Waals surface area contributed by atoms with E-state index in [0.717, 1.165) is 5.56 Å². The fourth-order valence-corrected chi connectivity index (χ4v) is 2.00. The maximum absolute atomic E-state index is 12.2. The second-order valence-electron chi connectivity index (χ2n) is 4.57. The third kappa shape index (κ3) is 3.60. The molecule has 0 aliphatic carbocycles. The lowest BCUT2D eigenvalue weighted by molar-refractivity contribution is 0.0939. The maximum Gasteiger partial charge on any atom is 0.251 e. The third-order valence-corrected chi connectivity index (χ3v) is 3.05. The lowest BCUT2D eigenvalue weighted by Crippen LogP contribution is -2.26. The molecule has 0 aromatic heterocycles. The minimum Gasteiger partial charge on any atom is -0.494 e. The molecule has 2 rings (SSSR count). The lowest BCUT2D eigenvalue weighted by atomic mass is 10.1. The number of ether oxygens (including phenoxy) is 1. The largest absolute Gasteiger partial charge is 0.494 e. The van der Waals surface area contributed by atoms with Gasteiger partial charge in [-0.15, -0.1) is 0 Å². The monoisotopic (exact) mass is 269 g/mol. The van der Waals surface area contributed by atoms with E-state index in [1.807, 2.05) is 56.3 Å². The Labute approximate surface area is 119 Å². The summed E-state index contributed by atoms with van der Waals surface area (Å²) < 4.78 is 5.41. The van der Waals surface area contributed by atoms with Gasteiger partial charge in [-0.05, 0) is 37.6 Å². The minimum absolute atomic E-state index is 0.0283. The van der Waals surface area contributed by atoms with Gasteiger partial charge >= 0.3 is 0 Å². The highest BCUT2D eigenvalue weighted by Gasteiger charge is 2.11. The van der Waals surface area contributed by atoms with E-state index in [2.05, 4.69) is 5.32 Å². The Kier molecular flexibility index (Phi) is 4.77. The molecule has 0 spiro atoms. The Bertz CT molecular complexity index is 566. The van der Waals surface area contributed by atoms with Gasteiger partial charge in [0.15, 0.2) is 0 Å². The molecule has 0 aliphatic rings. The van der Waals surface area contributed by atoms with Crippen LogP contribution in [0.15, 0.2) is 54.6 Å². The van der Waals surface area contributed by atoms with Crippen molar-refractivity contribution in [2.24, 2.45) is 0 Å². The topological polar surface area (TPSA) is 38.3 Å². The zero-order chi connectivity index (χ0) is 14.4. The van der Waals surface area contributed by atoms with E-state index in [1.54, 1.807) is 12.1 Å². The van der Waals surface area contributed by atoms with E-state index < -0.39 is 0 Å². The Balaban J connectivity index is 2.06. The molecule has 1 amide bonds. The van der Waals surface area contributed by atoms with E-state index >= 15 is 0 Å². The van der Waals surface area contributed by atoms with E-state index in [9.17, 15) is 4.79 Å². The van der Waals surface area contributed by atoms with Gasteiger partial charge in [0.25, 0.3) is 5.91 Å². The molecule has 1 atom stereocenters. The summed E-state index contributed by atoms with van der Waals surface area (Å²) in [5.74, 6) is 0.621. The van der Waals surface area contributed by atoms with Crippen LogP contribution in [-0.4, -0.2) is 12.5 Å². The summed E-state index contributed by atoms with van der Waals surface area (Å²) in [6.07, 6.45) is 0. The summed E-state index contributed by atoms with van der Waals surface area (Å²) in [6, 6.07) is 17.1. The molecule has 1 unspecified atom stereocenters. The third-order valence-electron chi connectivity index (χ3n) is 3.05. The van der Waals surface area contributed by atoms with Crippen LogP contribution in [0.2, 0.25) is 0 Å². The molecule has 2 aromatic rings. The van der Waals surface area contributed by atoms with Gasteiger partial charge in [0, 0.05) is 5.56 Å². The summed E-state index contributed by atoms with van der Waals surface area (Å²) in [6.45, 7) is 4.48. The van der Waals surface area contributed by atoms with E-state index in [-0.39, 0.29) is 11.9 Å². The van der Waals surface area contributed by atoms with Crippen LogP contribution in [0.5, 0.6) is 5.75 Å². The van der Waals surface area contributed by atoms with Crippen LogP contribution < -0.4 is 10.1 Å². The van der Waals surface area contributed by atoms with Gasteiger partial charge in [0.05, 0.1) is 12.6 Å². The molecule has 1 N–H and O–H groups in total. The van der Waals surface area contributed by atoms with Gasteiger partial charge in [0.2, 0.25) is 0 Å². The number of hydrogen-bond donors (Lipinski definition) is 1. The Morgan fingerprint density at radius 2 is 1.90 bits per heavy atom. The number of benzene rings is 2. The van der Waals surface area contributed by atoms with Crippen LogP contribution in [-0.2, 0) is 0 Å². The average molecular weight is 269 g/mol. The molecule has 0 saturated heterocycles. The molecule has 20 heavy (non-hydrogen) atoms. The first kappa shape index (κ1) is 14.1. The molecule has 0 heterocycles. The molecule has 3 heteroatoms. The first-order valence-corrected chi connectivity index (χ1v) is 6.79. The maximum atomic E-state index is 12.2. The smallest absolute Gasteiger partial charge is 0.251 e. The van der Waals surface area contributed by atoms with E-state index in [0.29, 0.717) is 17.9 Å². The molecular formula is C17H19NO2. The van der Waals surface area contributed by atoms with Crippen LogP contribution in [0, 0.1) is 0 Å². The molecule has 0 aliphatic heterocycles. The number of carbonyl (C=O) groups excluding carboxylic acids is 1. The second-order valence-corrected chi connectivity index (χ2v) is 4.57. The van der Waals surface area contributed by atoms with Gasteiger partial charge in [0.1, 0.15) is 5.75 Å². The number of nitrogens with one attached hydrogen (secondary N) is 1. The summed E-state index contributed by atoms with van der Waals surface area (Å²) in [7, 11) is 0. The number of carbonyl (C=O) groups is 1. The lowest BCUT2D eigenvalue weighted by Gasteiger charge is -2.14. The quantitative estimate of drug-likeness (QED) is 0.901. The molecule has 0 radical (unpaired) electrons. The van der Waals surface area contributed by atoms with Gasteiger partial charge in [-0.25, -0.2) is 0 Å². The first-order chi connectivity index (χ1) is 9.70. The SMILES string of the molecule is CCOc1cccc(C(=O)NC(C)c2ccccc2)c1. The fraction of sp³-hybridized carbons (Fsp3) is 0.235. The highest BCUT2D eigenvalue weighted by Crippen LogP contribution is 2.16. The van der Waals surface area contributed by atoms with Crippen molar-refractivity contribution < 1.29 is 9.53 Å². The van der Waals surface area contributed by atoms with Crippen LogP contribution in [0.3, 0.4) is 0 Å². The first-order valence-electron chi connectivity index (χ1n) is 6.79. The van der Waals surface area contributed by atoms with Crippen molar-refractivity contribution in [3.63, 3.8) is 0 Å². The van der Waals surface area contributed by atoms with Crippen molar-refractivity contribution in [1.82, 2.24) is 5.32 Å². The molecule has 104 valence electrons. The van der Waals surface area contributed by atoms with Crippen LogP contribution >= 0.6 is 0 Å². The van der Waals surface area contributed by atoms with Crippen molar-refractivity contribution in [3.8, 4) is 5.75 Å². The standard InChI is InChI=1S/C17H19NO2/c1-3-20-16-11-7-10-15(12-16)17(19)18-13(2)14-8-5-4-6-9-14/h4-13H,3H2,1-2H3,(H,18,19). The predicted octanol–water partition coefficient (Wildman–Crippen LogP) is 3.58. The van der Waals surface area contributed by atoms with Crippen molar-refractivity contribution in [3.05, 3.63) is 65.7 Å². The zero-order valence-electron chi connectivity index (χ0n) is 11.8. The van der Waals surface area contributed by atoms with Crippen LogP contribution in [0.4, 0.5) is 0 Å². The molecule has 0 saturated carbocycles. The second kappa shape index (κ2) is 6.75. The Hall–Kier alpha value is -2.29. The van der Waals surface area contributed by atoms with Crippen LogP contribution in [0.25, 0.3) is 0 Å². The molecular weight excluding hydrogens is 250 g/mol. The zero-order valence-corrected chi connectivity index (χ0v) is 11.8. The number of amides is 1. The molecule has 0 fully saturated rings. The van der Waals surface area contributed by atoms with Gasteiger partial charge < -0.3 is 10.1 Å². The Morgan fingerprint density at radius 3 is 2.60 bits per heavy atom. The highest BCUT2D eigenvalue weighted by atomic mass is 16.5. The van der Waals surface area contributed by atoms with Crippen molar-refractivity contribution >= 4 is 5.91 Å². The van der Waals surface area contributed by atoms with Gasteiger partial charge in [-0.3, -0.25) is 4.79 Å². The summed E-state index contributed by atoms with van der Waals surface area (Å²) in [4.78, 5) is 12.2.